The lowest BCUT2D eigenvalue weighted by Crippen LogP contribution is -2.28. The van der Waals surface area contributed by atoms with Crippen molar-refractivity contribution in [3.63, 3.8) is 0 Å². The van der Waals surface area contributed by atoms with Gasteiger partial charge < -0.3 is 14.5 Å². The van der Waals surface area contributed by atoms with Crippen molar-refractivity contribution in [3.8, 4) is 0 Å². The summed E-state index contributed by atoms with van der Waals surface area (Å²) in [6.07, 6.45) is 19.6. The number of rotatable bonds is 10. The highest BCUT2D eigenvalue weighted by atomic mass is 16.6. The highest BCUT2D eigenvalue weighted by molar-refractivity contribution is 5.68. The minimum Gasteiger partial charge on any atom is -0.415 e. The van der Waals surface area contributed by atoms with Crippen molar-refractivity contribution in [2.45, 2.75) is 64.8 Å². The number of hydrogen-bond acceptors (Lipinski definition) is 3. The van der Waals surface area contributed by atoms with Crippen molar-refractivity contribution in [3.05, 3.63) is 88.8 Å². The SMILES string of the molecule is CC/C(=C\C=C/C[C@H](C)N(C)C)OC(=O)N(C)CCCC1C2=C(C=Cc3ccccc31)C(C)CC=C2. The fourth-order valence-electron chi connectivity index (χ4n) is 4.82. The molecule has 0 bridgehead atoms. The third kappa shape index (κ3) is 7.33. The van der Waals surface area contributed by atoms with Crippen LogP contribution in [0, 0.1) is 5.92 Å². The van der Waals surface area contributed by atoms with E-state index < -0.39 is 0 Å². The van der Waals surface area contributed by atoms with Crippen LogP contribution in [0.15, 0.2) is 77.6 Å². The number of fused-ring (bicyclic) bond motifs is 1. The molecule has 2 unspecified atom stereocenters. The van der Waals surface area contributed by atoms with Crippen LogP contribution < -0.4 is 0 Å². The summed E-state index contributed by atoms with van der Waals surface area (Å²) in [6, 6.07) is 9.20. The normalized spacial score (nSPS) is 20.4. The van der Waals surface area contributed by atoms with Crippen molar-refractivity contribution >= 4 is 12.2 Å². The van der Waals surface area contributed by atoms with Gasteiger partial charge in [0, 0.05) is 32.0 Å². The molecular formula is C32H44N2O2. The first-order valence-electron chi connectivity index (χ1n) is 13.4. The monoisotopic (exact) mass is 488 g/mol. The zero-order valence-electron chi connectivity index (χ0n) is 23.0. The van der Waals surface area contributed by atoms with Gasteiger partial charge in [-0.05, 0) is 81.0 Å². The Hall–Kier alpha value is -2.85. The van der Waals surface area contributed by atoms with E-state index in [2.05, 4.69) is 87.5 Å². The summed E-state index contributed by atoms with van der Waals surface area (Å²) in [6.45, 7) is 7.18. The predicted molar refractivity (Wildman–Crippen MR) is 152 cm³/mol. The molecule has 4 heteroatoms. The van der Waals surface area contributed by atoms with Gasteiger partial charge in [-0.25, -0.2) is 4.79 Å². The quantitative estimate of drug-likeness (QED) is 0.249. The highest BCUT2D eigenvalue weighted by Gasteiger charge is 2.26. The molecule has 0 saturated heterocycles. The van der Waals surface area contributed by atoms with Crippen LogP contribution in [0.2, 0.25) is 0 Å². The molecule has 0 aromatic heterocycles. The summed E-state index contributed by atoms with van der Waals surface area (Å²) in [7, 11) is 5.99. The number of allylic oxidation sites excluding steroid dienone is 8. The second-order valence-electron chi connectivity index (χ2n) is 10.4. The van der Waals surface area contributed by atoms with Crippen LogP contribution in [-0.2, 0) is 4.74 Å². The summed E-state index contributed by atoms with van der Waals surface area (Å²) in [5.74, 6) is 1.58. The molecule has 0 saturated carbocycles. The summed E-state index contributed by atoms with van der Waals surface area (Å²) < 4.78 is 5.69. The Morgan fingerprint density at radius 1 is 1.14 bits per heavy atom. The van der Waals surface area contributed by atoms with E-state index in [0.717, 1.165) is 25.7 Å². The van der Waals surface area contributed by atoms with Gasteiger partial charge in [0.05, 0.1) is 0 Å². The van der Waals surface area contributed by atoms with E-state index in [1.165, 1.54) is 22.3 Å². The minimum absolute atomic E-state index is 0.285. The Labute approximate surface area is 218 Å². The van der Waals surface area contributed by atoms with Gasteiger partial charge in [-0.15, -0.1) is 0 Å². The topological polar surface area (TPSA) is 32.8 Å². The molecule has 1 aromatic carbocycles. The molecule has 0 aliphatic heterocycles. The largest absolute Gasteiger partial charge is 0.415 e. The summed E-state index contributed by atoms with van der Waals surface area (Å²) in [4.78, 5) is 16.6. The molecule has 3 atom stereocenters. The van der Waals surface area contributed by atoms with Gasteiger partial charge in [0.1, 0.15) is 5.76 Å². The summed E-state index contributed by atoms with van der Waals surface area (Å²) >= 11 is 0. The maximum absolute atomic E-state index is 12.8. The maximum atomic E-state index is 12.8. The Bertz CT molecular complexity index is 1040. The van der Waals surface area contributed by atoms with Crippen LogP contribution in [0.4, 0.5) is 4.79 Å². The number of hydrogen-bond donors (Lipinski definition) is 0. The van der Waals surface area contributed by atoms with Gasteiger partial charge in [-0.1, -0.05) is 74.6 Å². The lowest BCUT2D eigenvalue weighted by Gasteiger charge is -2.27. The van der Waals surface area contributed by atoms with E-state index in [4.69, 9.17) is 4.74 Å². The Morgan fingerprint density at radius 3 is 2.67 bits per heavy atom. The number of carbonyl (C=O) groups excluding carboxylic acids is 1. The molecule has 36 heavy (non-hydrogen) atoms. The molecule has 2 aliphatic rings. The third-order valence-electron chi connectivity index (χ3n) is 7.48. The average molecular weight is 489 g/mol. The summed E-state index contributed by atoms with van der Waals surface area (Å²) in [5, 5.41) is 0. The number of nitrogens with zero attached hydrogens (tertiary/aromatic N) is 2. The Kier molecular flexibility index (Phi) is 10.4. The van der Waals surface area contributed by atoms with Crippen LogP contribution in [-0.4, -0.2) is 49.6 Å². The fraction of sp³-hybridized carbons (Fsp3) is 0.469. The van der Waals surface area contributed by atoms with E-state index in [1.807, 2.05) is 26.1 Å². The first-order valence-corrected chi connectivity index (χ1v) is 13.4. The van der Waals surface area contributed by atoms with Gasteiger partial charge in [-0.2, -0.15) is 0 Å². The second-order valence-corrected chi connectivity index (χ2v) is 10.4. The van der Waals surface area contributed by atoms with E-state index in [1.54, 1.807) is 4.90 Å². The summed E-state index contributed by atoms with van der Waals surface area (Å²) in [5.41, 5.74) is 5.58. The number of amides is 1. The number of ether oxygens (including phenoxy) is 1. The molecule has 1 aromatic rings. The smallest absolute Gasteiger partial charge is 0.414 e. The van der Waals surface area contributed by atoms with Crippen LogP contribution >= 0.6 is 0 Å². The highest BCUT2D eigenvalue weighted by Crippen LogP contribution is 2.41. The van der Waals surface area contributed by atoms with Gasteiger partial charge in [0.15, 0.2) is 0 Å². The molecule has 0 radical (unpaired) electrons. The standard InChI is InChI=1S/C32H44N2O2/c1-7-27(17-10-8-15-25(3)33(4)5)36-32(35)34(6)23-13-20-31-29-18-11-9-16-26(29)21-22-28-24(2)14-12-19-30(28)31/h8-12,16-19,21-22,24-25,31H,7,13-15,20,23H2,1-6H3/b10-8-,27-17+/t24?,25-,31?/m0/s1. The van der Waals surface area contributed by atoms with Crippen molar-refractivity contribution in [1.29, 1.82) is 0 Å². The molecule has 0 N–H and O–H groups in total. The third-order valence-corrected chi connectivity index (χ3v) is 7.48. The Morgan fingerprint density at radius 2 is 1.92 bits per heavy atom. The molecule has 3 rings (SSSR count). The lowest BCUT2D eigenvalue weighted by molar-refractivity contribution is 0.135. The molecule has 0 heterocycles. The second kappa shape index (κ2) is 13.5. The van der Waals surface area contributed by atoms with Gasteiger partial charge in [0.25, 0.3) is 0 Å². The minimum atomic E-state index is -0.285. The van der Waals surface area contributed by atoms with Crippen molar-refractivity contribution in [2.75, 3.05) is 27.7 Å². The van der Waals surface area contributed by atoms with E-state index in [0.29, 0.717) is 36.6 Å². The Balaban J connectivity index is 1.59. The van der Waals surface area contributed by atoms with E-state index in [-0.39, 0.29) is 6.09 Å². The van der Waals surface area contributed by atoms with Gasteiger partial charge in [-0.3, -0.25) is 0 Å². The van der Waals surface area contributed by atoms with Crippen LogP contribution in [0.1, 0.15) is 69.9 Å². The first-order chi connectivity index (χ1) is 17.3. The lowest BCUT2D eigenvalue weighted by atomic mass is 9.79. The molecule has 4 nitrogen and oxygen atoms in total. The van der Waals surface area contributed by atoms with Gasteiger partial charge >= 0.3 is 6.09 Å². The molecule has 0 spiro atoms. The van der Waals surface area contributed by atoms with Crippen LogP contribution in [0.25, 0.3) is 6.08 Å². The van der Waals surface area contributed by atoms with Crippen molar-refractivity contribution in [1.82, 2.24) is 9.80 Å². The van der Waals surface area contributed by atoms with Crippen LogP contribution in [0.5, 0.6) is 0 Å². The number of benzene rings is 1. The zero-order chi connectivity index (χ0) is 26.1. The molecule has 2 aliphatic carbocycles. The van der Waals surface area contributed by atoms with Crippen LogP contribution in [0.3, 0.4) is 0 Å². The molecule has 0 fully saturated rings. The zero-order valence-corrected chi connectivity index (χ0v) is 23.0. The average Bonchev–Trinajstić information content (AvgIpc) is 3.03. The first kappa shape index (κ1) is 27.7. The predicted octanol–water partition coefficient (Wildman–Crippen LogP) is 7.73. The van der Waals surface area contributed by atoms with E-state index in [9.17, 15) is 4.79 Å². The van der Waals surface area contributed by atoms with E-state index >= 15 is 0 Å². The fourth-order valence-corrected chi connectivity index (χ4v) is 4.82. The maximum Gasteiger partial charge on any atom is 0.414 e. The number of carbonyl (C=O) groups is 1. The van der Waals surface area contributed by atoms with Crippen molar-refractivity contribution in [2.24, 2.45) is 5.92 Å². The van der Waals surface area contributed by atoms with Crippen molar-refractivity contribution < 1.29 is 9.53 Å². The molecular weight excluding hydrogens is 444 g/mol. The molecule has 1 amide bonds. The van der Waals surface area contributed by atoms with Gasteiger partial charge in [0.2, 0.25) is 0 Å². The molecule has 194 valence electrons.